The molecule has 3 nitrogen and oxygen atoms in total. The minimum Gasteiger partial charge on any atom is -0.492 e. The van der Waals surface area contributed by atoms with Gasteiger partial charge < -0.3 is 10.5 Å². The molecule has 1 aliphatic heterocycles. The molecule has 0 aromatic heterocycles. The second-order valence-corrected chi connectivity index (χ2v) is 6.18. The Morgan fingerprint density at radius 2 is 2.16 bits per heavy atom. The van der Waals surface area contributed by atoms with Gasteiger partial charge in [0.15, 0.2) is 0 Å². The minimum atomic E-state index is 0.699. The van der Waals surface area contributed by atoms with E-state index in [0.717, 1.165) is 31.4 Å². The minimum absolute atomic E-state index is 0.699. The summed E-state index contributed by atoms with van der Waals surface area (Å²) in [6.45, 7) is 2.45. The summed E-state index contributed by atoms with van der Waals surface area (Å²) in [6, 6.07) is 9.01. The van der Waals surface area contributed by atoms with Gasteiger partial charge in [0, 0.05) is 18.3 Å². The molecule has 106 valence electrons. The molecule has 1 heterocycles. The molecule has 1 unspecified atom stereocenters. The third-order valence-electron chi connectivity index (χ3n) is 3.60. The van der Waals surface area contributed by atoms with E-state index in [0.29, 0.717) is 6.54 Å². The van der Waals surface area contributed by atoms with Crippen molar-refractivity contribution in [3.05, 3.63) is 29.8 Å². The van der Waals surface area contributed by atoms with Crippen LogP contribution >= 0.6 is 11.8 Å². The summed E-state index contributed by atoms with van der Waals surface area (Å²) >= 11 is 2.05. The van der Waals surface area contributed by atoms with Crippen LogP contribution in [0.1, 0.15) is 12.0 Å². The molecule has 4 heteroatoms. The molecule has 1 fully saturated rings. The van der Waals surface area contributed by atoms with E-state index < -0.39 is 0 Å². The number of nitrogens with two attached hydrogens (primary N) is 1. The van der Waals surface area contributed by atoms with Crippen LogP contribution in [0.5, 0.6) is 5.75 Å². The molecule has 2 N–H and O–H groups in total. The van der Waals surface area contributed by atoms with Crippen molar-refractivity contribution >= 4 is 11.8 Å². The highest BCUT2D eigenvalue weighted by molar-refractivity contribution is 7.99. The zero-order valence-corrected chi connectivity index (χ0v) is 12.5. The highest BCUT2D eigenvalue weighted by atomic mass is 32.2. The number of hydrogen-bond donors (Lipinski definition) is 1. The second-order valence-electron chi connectivity index (χ2n) is 5.03. The van der Waals surface area contributed by atoms with E-state index in [1.54, 1.807) is 0 Å². The first-order valence-corrected chi connectivity index (χ1v) is 8.15. The van der Waals surface area contributed by atoms with Gasteiger partial charge in [0.2, 0.25) is 0 Å². The number of nitrogens with zero attached hydrogens (tertiary/aromatic N) is 1. The van der Waals surface area contributed by atoms with Gasteiger partial charge in [0.05, 0.1) is 0 Å². The third kappa shape index (κ3) is 4.71. The van der Waals surface area contributed by atoms with Crippen LogP contribution in [-0.2, 0) is 6.42 Å². The predicted molar refractivity (Wildman–Crippen MR) is 83.1 cm³/mol. The first-order valence-electron chi connectivity index (χ1n) is 6.99. The summed E-state index contributed by atoms with van der Waals surface area (Å²) < 4.78 is 5.79. The van der Waals surface area contributed by atoms with Crippen LogP contribution in [0, 0.1) is 0 Å². The SMILES string of the molecule is CN(CCOc1ccc(CCN)cc1)C1CCSC1. The Labute approximate surface area is 120 Å². The van der Waals surface area contributed by atoms with Gasteiger partial charge in [-0.1, -0.05) is 12.1 Å². The summed E-state index contributed by atoms with van der Waals surface area (Å²) in [7, 11) is 2.20. The number of likely N-dealkylation sites (N-methyl/N-ethyl adjacent to an activating group) is 1. The Morgan fingerprint density at radius 3 is 2.79 bits per heavy atom. The molecule has 1 aromatic rings. The fourth-order valence-corrected chi connectivity index (χ4v) is 3.58. The van der Waals surface area contributed by atoms with Gasteiger partial charge in [0.25, 0.3) is 0 Å². The molecule has 2 rings (SSSR count). The molecule has 1 aliphatic rings. The molecule has 0 spiro atoms. The van der Waals surface area contributed by atoms with Crippen LogP contribution in [-0.4, -0.2) is 49.2 Å². The molecule has 0 saturated carbocycles. The van der Waals surface area contributed by atoms with Crippen molar-refractivity contribution < 1.29 is 4.74 Å². The van der Waals surface area contributed by atoms with Crippen LogP contribution in [0.3, 0.4) is 0 Å². The number of rotatable bonds is 7. The zero-order valence-electron chi connectivity index (χ0n) is 11.7. The van der Waals surface area contributed by atoms with Gasteiger partial charge in [-0.2, -0.15) is 11.8 Å². The lowest BCUT2D eigenvalue weighted by atomic mass is 10.1. The molecule has 0 amide bonds. The average molecular weight is 280 g/mol. The fraction of sp³-hybridized carbons (Fsp3) is 0.600. The maximum atomic E-state index is 5.79. The largest absolute Gasteiger partial charge is 0.492 e. The van der Waals surface area contributed by atoms with Crippen molar-refractivity contribution in [2.45, 2.75) is 18.9 Å². The Morgan fingerprint density at radius 1 is 1.37 bits per heavy atom. The topological polar surface area (TPSA) is 38.5 Å². The number of benzene rings is 1. The predicted octanol–water partition coefficient (Wildman–Crippen LogP) is 2.00. The molecule has 1 atom stereocenters. The van der Waals surface area contributed by atoms with E-state index >= 15 is 0 Å². The van der Waals surface area contributed by atoms with Crippen molar-refractivity contribution in [1.82, 2.24) is 4.90 Å². The maximum Gasteiger partial charge on any atom is 0.119 e. The van der Waals surface area contributed by atoms with Crippen LogP contribution in [0.15, 0.2) is 24.3 Å². The van der Waals surface area contributed by atoms with Crippen LogP contribution in [0.25, 0.3) is 0 Å². The first-order chi connectivity index (χ1) is 9.29. The summed E-state index contributed by atoms with van der Waals surface area (Å²) in [5, 5.41) is 0. The molecule has 1 aromatic carbocycles. The smallest absolute Gasteiger partial charge is 0.119 e. The number of ether oxygens (including phenoxy) is 1. The van der Waals surface area contributed by atoms with E-state index in [1.165, 1.54) is 23.5 Å². The standard InChI is InChI=1S/C15H24N2OS/c1-17(14-7-11-19-12-14)9-10-18-15-4-2-13(3-5-15)6-8-16/h2-5,14H,6-12,16H2,1H3. The lowest BCUT2D eigenvalue weighted by molar-refractivity contribution is 0.202. The van der Waals surface area contributed by atoms with Crippen molar-refractivity contribution in [2.24, 2.45) is 5.73 Å². The van der Waals surface area contributed by atoms with Crippen molar-refractivity contribution in [2.75, 3.05) is 38.2 Å². The quantitative estimate of drug-likeness (QED) is 0.829. The van der Waals surface area contributed by atoms with Gasteiger partial charge in [-0.3, -0.25) is 4.90 Å². The first kappa shape index (κ1) is 14.7. The average Bonchev–Trinajstić information content (AvgIpc) is 2.95. The molecule has 0 aliphatic carbocycles. The zero-order chi connectivity index (χ0) is 13.5. The Hall–Kier alpha value is -0.710. The molecular weight excluding hydrogens is 256 g/mol. The van der Waals surface area contributed by atoms with Crippen LogP contribution in [0.4, 0.5) is 0 Å². The van der Waals surface area contributed by atoms with E-state index in [9.17, 15) is 0 Å². The normalized spacial score (nSPS) is 19.0. The molecular formula is C15H24N2OS. The molecule has 0 radical (unpaired) electrons. The molecule has 0 bridgehead atoms. The number of hydrogen-bond acceptors (Lipinski definition) is 4. The summed E-state index contributed by atoms with van der Waals surface area (Å²) in [6.07, 6.45) is 2.25. The van der Waals surface area contributed by atoms with E-state index in [4.69, 9.17) is 10.5 Å². The fourth-order valence-electron chi connectivity index (χ4n) is 2.28. The van der Waals surface area contributed by atoms with Crippen LogP contribution < -0.4 is 10.5 Å². The van der Waals surface area contributed by atoms with E-state index in [1.807, 2.05) is 12.1 Å². The molecule has 1 saturated heterocycles. The van der Waals surface area contributed by atoms with Gasteiger partial charge in [-0.25, -0.2) is 0 Å². The summed E-state index contributed by atoms with van der Waals surface area (Å²) in [4.78, 5) is 2.42. The highest BCUT2D eigenvalue weighted by Crippen LogP contribution is 2.21. The summed E-state index contributed by atoms with van der Waals surface area (Å²) in [5.74, 6) is 3.53. The Kier molecular flexibility index (Phi) is 6.01. The van der Waals surface area contributed by atoms with Crippen LogP contribution in [0.2, 0.25) is 0 Å². The highest BCUT2D eigenvalue weighted by Gasteiger charge is 2.19. The van der Waals surface area contributed by atoms with Gasteiger partial charge in [-0.05, 0) is 49.9 Å². The third-order valence-corrected chi connectivity index (χ3v) is 4.74. The van der Waals surface area contributed by atoms with E-state index in [2.05, 4.69) is 35.8 Å². The van der Waals surface area contributed by atoms with Crippen molar-refractivity contribution in [3.8, 4) is 5.75 Å². The Bertz CT molecular complexity index is 363. The monoisotopic (exact) mass is 280 g/mol. The lowest BCUT2D eigenvalue weighted by Crippen LogP contribution is -2.34. The second kappa shape index (κ2) is 7.78. The van der Waals surface area contributed by atoms with Gasteiger partial charge in [-0.15, -0.1) is 0 Å². The lowest BCUT2D eigenvalue weighted by Gasteiger charge is -2.23. The summed E-state index contributed by atoms with van der Waals surface area (Å²) in [5.41, 5.74) is 6.81. The molecule has 19 heavy (non-hydrogen) atoms. The van der Waals surface area contributed by atoms with E-state index in [-0.39, 0.29) is 0 Å². The van der Waals surface area contributed by atoms with Gasteiger partial charge >= 0.3 is 0 Å². The van der Waals surface area contributed by atoms with Crippen molar-refractivity contribution in [1.29, 1.82) is 0 Å². The van der Waals surface area contributed by atoms with Gasteiger partial charge in [0.1, 0.15) is 12.4 Å². The number of thioether (sulfide) groups is 1. The Balaban J connectivity index is 1.69. The maximum absolute atomic E-state index is 5.79. The van der Waals surface area contributed by atoms with Crippen molar-refractivity contribution in [3.63, 3.8) is 0 Å².